The molecular weight excluding hydrogens is 203 g/mol. The molecule has 0 aromatic carbocycles. The third-order valence-electron chi connectivity index (χ3n) is 2.38. The maximum Gasteiger partial charge on any atom is 0.325 e. The summed E-state index contributed by atoms with van der Waals surface area (Å²) in [6, 6.07) is 0.385. The summed E-state index contributed by atoms with van der Waals surface area (Å²) in [5.74, 6) is -0.722. The van der Waals surface area contributed by atoms with Crippen molar-refractivity contribution in [3.8, 4) is 0 Å². The van der Waals surface area contributed by atoms with Crippen molar-refractivity contribution in [1.29, 1.82) is 0 Å². The highest BCUT2D eigenvalue weighted by molar-refractivity contribution is 5.85. The molecule has 2 aliphatic rings. The molecule has 2 saturated heterocycles. The highest BCUT2D eigenvalue weighted by Crippen LogP contribution is 2.25. The predicted octanol–water partition coefficient (Wildman–Crippen LogP) is -0.382. The minimum Gasteiger partial charge on any atom is -0.480 e. The van der Waals surface area contributed by atoms with Crippen molar-refractivity contribution in [2.45, 2.75) is 18.0 Å². The molecule has 12 heavy (non-hydrogen) atoms. The van der Waals surface area contributed by atoms with Crippen LogP contribution in [0.3, 0.4) is 0 Å². The number of carboxylic acids is 1. The number of nitrogens with one attached hydrogen (secondary N) is 2. The molecule has 2 bridgehead atoms. The topological polar surface area (TPSA) is 61.4 Å². The molecule has 6 heteroatoms. The molecule has 2 fully saturated rings. The van der Waals surface area contributed by atoms with Crippen LogP contribution in [0.2, 0.25) is 0 Å². The van der Waals surface area contributed by atoms with Crippen LogP contribution in [0.25, 0.3) is 0 Å². The normalized spacial score (nSPS) is 36.8. The minimum absolute atomic E-state index is 0. The van der Waals surface area contributed by atoms with E-state index in [2.05, 4.69) is 10.6 Å². The van der Waals surface area contributed by atoms with E-state index in [1.165, 1.54) is 0 Å². The predicted molar refractivity (Wildman–Crippen MR) is 49.3 cm³/mol. The van der Waals surface area contributed by atoms with Crippen LogP contribution in [0.15, 0.2) is 0 Å². The quantitative estimate of drug-likeness (QED) is 0.558. The fourth-order valence-electron chi connectivity index (χ4n) is 1.72. The number of hydrogen-bond donors (Lipinski definition) is 3. The molecule has 4 nitrogen and oxygen atoms in total. The first-order valence-electron chi connectivity index (χ1n) is 3.45. The number of aliphatic carboxylic acids is 1. The van der Waals surface area contributed by atoms with Gasteiger partial charge in [0.05, 0.1) is 0 Å². The van der Waals surface area contributed by atoms with E-state index in [1.54, 1.807) is 0 Å². The van der Waals surface area contributed by atoms with Crippen molar-refractivity contribution in [3.63, 3.8) is 0 Å². The van der Waals surface area contributed by atoms with Gasteiger partial charge in [-0.1, -0.05) is 0 Å². The first-order chi connectivity index (χ1) is 4.73. The maximum absolute atomic E-state index is 10.7. The van der Waals surface area contributed by atoms with E-state index in [0.29, 0.717) is 12.6 Å². The summed E-state index contributed by atoms with van der Waals surface area (Å²) < 4.78 is 0. The SMILES string of the molecule is Cl.Cl.O=C(O)[C@@]12CNC(CN1)C2. The van der Waals surface area contributed by atoms with Gasteiger partial charge in [0.15, 0.2) is 0 Å². The van der Waals surface area contributed by atoms with Crippen LogP contribution in [-0.2, 0) is 4.79 Å². The zero-order valence-electron chi connectivity index (χ0n) is 6.37. The second kappa shape index (κ2) is 3.79. The summed E-state index contributed by atoms with van der Waals surface area (Å²) in [5.41, 5.74) is -0.634. The molecule has 0 aliphatic carbocycles. The molecule has 0 radical (unpaired) electrons. The molecule has 3 N–H and O–H groups in total. The monoisotopic (exact) mass is 214 g/mol. The molecule has 2 aliphatic heterocycles. The van der Waals surface area contributed by atoms with Crippen molar-refractivity contribution in [2.24, 2.45) is 0 Å². The van der Waals surface area contributed by atoms with Crippen molar-refractivity contribution in [3.05, 3.63) is 0 Å². The van der Waals surface area contributed by atoms with Crippen molar-refractivity contribution in [2.75, 3.05) is 13.1 Å². The van der Waals surface area contributed by atoms with Gasteiger partial charge in [-0.15, -0.1) is 24.8 Å². The van der Waals surface area contributed by atoms with Crippen LogP contribution in [-0.4, -0.2) is 35.7 Å². The smallest absolute Gasteiger partial charge is 0.325 e. The van der Waals surface area contributed by atoms with Gasteiger partial charge in [0.1, 0.15) is 5.54 Å². The van der Waals surface area contributed by atoms with Crippen LogP contribution in [0.5, 0.6) is 0 Å². The Balaban J connectivity index is 0.000000605. The average molecular weight is 215 g/mol. The summed E-state index contributed by atoms with van der Waals surface area (Å²) in [6.07, 6.45) is 0.738. The fraction of sp³-hybridized carbons (Fsp3) is 0.833. The Hall–Kier alpha value is -0.0300. The summed E-state index contributed by atoms with van der Waals surface area (Å²) in [4.78, 5) is 10.7. The molecule has 0 saturated carbocycles. The lowest BCUT2D eigenvalue weighted by atomic mass is 10.0. The lowest BCUT2D eigenvalue weighted by Crippen LogP contribution is -2.54. The Bertz CT molecular complexity index is 180. The maximum atomic E-state index is 10.7. The van der Waals surface area contributed by atoms with Crippen LogP contribution in [0.4, 0.5) is 0 Å². The van der Waals surface area contributed by atoms with E-state index in [-0.39, 0.29) is 24.8 Å². The number of fused-ring (bicyclic) bond motifs is 2. The number of carboxylic acid groups (broad SMARTS) is 1. The molecule has 1 unspecified atom stereocenters. The van der Waals surface area contributed by atoms with Gasteiger partial charge in [-0.05, 0) is 6.42 Å². The summed E-state index contributed by atoms with van der Waals surface area (Å²) in [7, 11) is 0. The van der Waals surface area contributed by atoms with E-state index in [4.69, 9.17) is 5.11 Å². The van der Waals surface area contributed by atoms with Gasteiger partial charge in [0.25, 0.3) is 0 Å². The van der Waals surface area contributed by atoms with E-state index < -0.39 is 11.5 Å². The zero-order valence-corrected chi connectivity index (χ0v) is 8.00. The van der Waals surface area contributed by atoms with Gasteiger partial charge in [0, 0.05) is 19.1 Å². The third kappa shape index (κ3) is 1.52. The van der Waals surface area contributed by atoms with Crippen LogP contribution in [0, 0.1) is 0 Å². The number of halogens is 2. The van der Waals surface area contributed by atoms with Gasteiger partial charge < -0.3 is 10.4 Å². The van der Waals surface area contributed by atoms with E-state index in [9.17, 15) is 4.79 Å². The second-order valence-corrected chi connectivity index (χ2v) is 3.05. The summed E-state index contributed by atoms with van der Waals surface area (Å²) in [5, 5.41) is 14.9. The van der Waals surface area contributed by atoms with Crippen molar-refractivity contribution in [1.82, 2.24) is 10.6 Å². The van der Waals surface area contributed by atoms with Gasteiger partial charge in [-0.2, -0.15) is 0 Å². The first-order valence-corrected chi connectivity index (χ1v) is 3.45. The summed E-state index contributed by atoms with van der Waals surface area (Å²) >= 11 is 0. The molecule has 2 rings (SSSR count). The molecule has 0 aromatic heterocycles. The molecule has 72 valence electrons. The Morgan fingerprint density at radius 3 is 2.33 bits per heavy atom. The molecule has 2 atom stereocenters. The van der Waals surface area contributed by atoms with Gasteiger partial charge >= 0.3 is 5.97 Å². The number of hydrogen-bond acceptors (Lipinski definition) is 3. The van der Waals surface area contributed by atoms with E-state index in [0.717, 1.165) is 13.0 Å². The van der Waals surface area contributed by atoms with Crippen LogP contribution >= 0.6 is 24.8 Å². The highest BCUT2D eigenvalue weighted by atomic mass is 35.5. The zero-order chi connectivity index (χ0) is 7.19. The summed E-state index contributed by atoms with van der Waals surface area (Å²) in [6.45, 7) is 1.37. The highest BCUT2D eigenvalue weighted by Gasteiger charge is 2.50. The van der Waals surface area contributed by atoms with Crippen LogP contribution < -0.4 is 10.6 Å². The largest absolute Gasteiger partial charge is 0.480 e. The lowest BCUT2D eigenvalue weighted by Gasteiger charge is -2.22. The molecule has 0 amide bonds. The Morgan fingerprint density at radius 1 is 1.50 bits per heavy atom. The number of piperazine rings is 1. The molecule has 2 heterocycles. The fourth-order valence-corrected chi connectivity index (χ4v) is 1.72. The second-order valence-electron chi connectivity index (χ2n) is 3.05. The number of rotatable bonds is 1. The lowest BCUT2D eigenvalue weighted by molar-refractivity contribution is -0.143. The minimum atomic E-state index is -0.722. The Labute approximate surface area is 82.9 Å². The van der Waals surface area contributed by atoms with E-state index >= 15 is 0 Å². The van der Waals surface area contributed by atoms with Crippen molar-refractivity contribution >= 4 is 30.8 Å². The number of carbonyl (C=O) groups is 1. The molecular formula is C6H12Cl2N2O2. The molecule has 0 spiro atoms. The van der Waals surface area contributed by atoms with Gasteiger partial charge in [-0.25, -0.2) is 0 Å². The van der Waals surface area contributed by atoms with Crippen molar-refractivity contribution < 1.29 is 9.90 Å². The Morgan fingerprint density at radius 2 is 2.17 bits per heavy atom. The third-order valence-corrected chi connectivity index (χ3v) is 2.38. The van der Waals surface area contributed by atoms with E-state index in [1.807, 2.05) is 0 Å². The average Bonchev–Trinajstić information content (AvgIpc) is 2.45. The van der Waals surface area contributed by atoms with Gasteiger partial charge in [0.2, 0.25) is 0 Å². The Kier molecular flexibility index (Phi) is 3.78. The van der Waals surface area contributed by atoms with Gasteiger partial charge in [-0.3, -0.25) is 10.1 Å². The van der Waals surface area contributed by atoms with Crippen LogP contribution in [0.1, 0.15) is 6.42 Å². The standard InChI is InChI=1S/C6H10N2O2.2ClH/c9-5(10)6-1-4(2-8-6)7-3-6;;/h4,7-8H,1-3H2,(H,9,10);2*1H/t4?,6-;;/m1../s1. The first kappa shape index (κ1) is 12.0. The molecule has 0 aromatic rings.